The number of methoxy groups -OCH3 is 1. The number of fused-ring (bicyclic) bond motifs is 1. The Morgan fingerprint density at radius 2 is 1.81 bits per heavy atom. The van der Waals surface area contributed by atoms with Crippen molar-refractivity contribution in [3.05, 3.63) is 71.1 Å². The Balaban J connectivity index is 1.48. The van der Waals surface area contributed by atoms with Gasteiger partial charge in [-0.3, -0.25) is 4.79 Å². The zero-order valence-electron chi connectivity index (χ0n) is 17.3. The minimum absolute atomic E-state index is 0.0832. The van der Waals surface area contributed by atoms with Crippen LogP contribution in [0.4, 0.5) is 17.5 Å². The summed E-state index contributed by atoms with van der Waals surface area (Å²) in [4.78, 5) is 20.5. The molecule has 2 aromatic carbocycles. The molecule has 4 rings (SSSR count). The Morgan fingerprint density at radius 1 is 1.00 bits per heavy atom. The Morgan fingerprint density at radius 3 is 2.58 bits per heavy atom. The van der Waals surface area contributed by atoms with Crippen LogP contribution in [0.5, 0.6) is 5.75 Å². The smallest absolute Gasteiger partial charge is 0.225 e. The first kappa shape index (κ1) is 20.6. The number of rotatable bonds is 8. The predicted octanol–water partition coefficient (Wildman–Crippen LogP) is 4.88. The molecule has 158 valence electrons. The molecule has 1 amide bonds. The van der Waals surface area contributed by atoms with Gasteiger partial charge in [0.15, 0.2) is 0 Å². The van der Waals surface area contributed by atoms with E-state index in [-0.39, 0.29) is 5.91 Å². The molecule has 0 bridgehead atoms. The zero-order chi connectivity index (χ0) is 21.6. The van der Waals surface area contributed by atoms with Gasteiger partial charge in [0, 0.05) is 31.3 Å². The van der Waals surface area contributed by atoms with E-state index in [1.54, 1.807) is 18.4 Å². The van der Waals surface area contributed by atoms with Gasteiger partial charge in [-0.15, -0.1) is 11.3 Å². The molecule has 0 aliphatic heterocycles. The molecule has 4 aromatic rings. The molecule has 0 aliphatic carbocycles. The van der Waals surface area contributed by atoms with E-state index in [1.165, 1.54) is 6.92 Å². The molecule has 7 nitrogen and oxygen atoms in total. The molecular formula is C23H23N5O2S. The molecule has 8 heteroatoms. The van der Waals surface area contributed by atoms with Crippen LogP contribution in [0.15, 0.2) is 60.0 Å². The van der Waals surface area contributed by atoms with Crippen LogP contribution >= 0.6 is 11.3 Å². The van der Waals surface area contributed by atoms with Gasteiger partial charge in [-0.1, -0.05) is 30.3 Å². The standard InChI is InChI=1S/C23H23N5O2S/c1-15(29)26-18-9-7-16(8-10-18)13-24-22-21-19(11-12-31-21)27-23(28-22)25-14-17-5-3-4-6-20(17)30-2/h3-12H,13-14H2,1-2H3,(H,26,29)(H2,24,25,27,28). The van der Waals surface area contributed by atoms with Crippen molar-refractivity contribution < 1.29 is 9.53 Å². The lowest BCUT2D eigenvalue weighted by Crippen LogP contribution is -2.08. The van der Waals surface area contributed by atoms with Crippen LogP contribution in [0.25, 0.3) is 10.2 Å². The van der Waals surface area contributed by atoms with Crippen molar-refractivity contribution in [2.45, 2.75) is 20.0 Å². The van der Waals surface area contributed by atoms with Gasteiger partial charge in [0.05, 0.1) is 17.3 Å². The van der Waals surface area contributed by atoms with E-state index in [4.69, 9.17) is 9.72 Å². The zero-order valence-corrected chi connectivity index (χ0v) is 18.1. The van der Waals surface area contributed by atoms with E-state index in [0.717, 1.165) is 38.6 Å². The van der Waals surface area contributed by atoms with Gasteiger partial charge in [0.2, 0.25) is 11.9 Å². The van der Waals surface area contributed by atoms with Crippen LogP contribution < -0.4 is 20.7 Å². The Hall–Kier alpha value is -3.65. The highest BCUT2D eigenvalue weighted by atomic mass is 32.1. The number of nitrogens with zero attached hydrogens (tertiary/aromatic N) is 2. The molecule has 0 aliphatic rings. The number of carbonyl (C=O) groups is 1. The van der Waals surface area contributed by atoms with Gasteiger partial charge >= 0.3 is 0 Å². The maximum Gasteiger partial charge on any atom is 0.225 e. The SMILES string of the molecule is COc1ccccc1CNc1nc(NCc2ccc(NC(C)=O)cc2)c2sccc2n1. The molecule has 0 atom stereocenters. The molecule has 0 fully saturated rings. The fourth-order valence-corrected chi connectivity index (χ4v) is 3.98. The first-order valence-corrected chi connectivity index (χ1v) is 10.7. The van der Waals surface area contributed by atoms with E-state index in [0.29, 0.717) is 19.0 Å². The molecule has 2 heterocycles. The summed E-state index contributed by atoms with van der Waals surface area (Å²) >= 11 is 1.60. The Kier molecular flexibility index (Phi) is 6.28. The first-order valence-electron chi connectivity index (χ1n) is 9.84. The van der Waals surface area contributed by atoms with Crippen LogP contribution in [-0.4, -0.2) is 23.0 Å². The van der Waals surface area contributed by atoms with E-state index < -0.39 is 0 Å². The molecule has 2 aromatic heterocycles. The van der Waals surface area contributed by atoms with Crippen molar-refractivity contribution in [2.24, 2.45) is 0 Å². The van der Waals surface area contributed by atoms with Crippen molar-refractivity contribution in [2.75, 3.05) is 23.1 Å². The van der Waals surface area contributed by atoms with Crippen molar-refractivity contribution in [3.8, 4) is 5.75 Å². The highest BCUT2D eigenvalue weighted by Crippen LogP contribution is 2.28. The number of carbonyl (C=O) groups excluding carboxylic acids is 1. The van der Waals surface area contributed by atoms with E-state index in [2.05, 4.69) is 20.9 Å². The van der Waals surface area contributed by atoms with E-state index in [9.17, 15) is 4.79 Å². The summed E-state index contributed by atoms with van der Waals surface area (Å²) in [6.45, 7) is 2.66. The van der Waals surface area contributed by atoms with Crippen molar-refractivity contribution in [1.82, 2.24) is 9.97 Å². The van der Waals surface area contributed by atoms with Crippen LogP contribution in [0.3, 0.4) is 0 Å². The molecule has 31 heavy (non-hydrogen) atoms. The maximum absolute atomic E-state index is 11.2. The van der Waals surface area contributed by atoms with Gasteiger partial charge in [-0.25, -0.2) is 4.98 Å². The lowest BCUT2D eigenvalue weighted by molar-refractivity contribution is -0.114. The summed E-state index contributed by atoms with van der Waals surface area (Å²) in [7, 11) is 1.66. The summed E-state index contributed by atoms with van der Waals surface area (Å²) in [5.74, 6) is 2.08. The number of hydrogen-bond donors (Lipinski definition) is 3. The molecular weight excluding hydrogens is 410 g/mol. The van der Waals surface area contributed by atoms with Crippen LogP contribution in [0.1, 0.15) is 18.1 Å². The van der Waals surface area contributed by atoms with Crippen LogP contribution in [-0.2, 0) is 17.9 Å². The number of aromatic nitrogens is 2. The maximum atomic E-state index is 11.2. The third-order valence-corrected chi connectivity index (χ3v) is 5.58. The number of para-hydroxylation sites is 1. The second-order valence-corrected chi connectivity index (χ2v) is 7.84. The summed E-state index contributed by atoms with van der Waals surface area (Å²) in [5.41, 5.74) is 3.79. The lowest BCUT2D eigenvalue weighted by Gasteiger charge is -2.12. The fraction of sp³-hybridized carbons (Fsp3) is 0.174. The summed E-state index contributed by atoms with van der Waals surface area (Å²) in [5, 5.41) is 11.5. The Labute approximate surface area is 184 Å². The lowest BCUT2D eigenvalue weighted by atomic mass is 10.2. The first-order chi connectivity index (χ1) is 15.1. The van der Waals surface area contributed by atoms with E-state index in [1.807, 2.05) is 60.0 Å². The number of anilines is 3. The minimum Gasteiger partial charge on any atom is -0.496 e. The average Bonchev–Trinajstić information content (AvgIpc) is 3.25. The highest BCUT2D eigenvalue weighted by Gasteiger charge is 2.10. The molecule has 0 saturated heterocycles. The number of thiophene rings is 1. The third kappa shape index (κ3) is 5.10. The average molecular weight is 434 g/mol. The minimum atomic E-state index is -0.0832. The van der Waals surface area contributed by atoms with Crippen molar-refractivity contribution in [3.63, 3.8) is 0 Å². The van der Waals surface area contributed by atoms with Crippen molar-refractivity contribution in [1.29, 1.82) is 0 Å². The largest absolute Gasteiger partial charge is 0.496 e. The molecule has 0 radical (unpaired) electrons. The summed E-state index contributed by atoms with van der Waals surface area (Å²) < 4.78 is 6.43. The Bertz CT molecular complexity index is 1190. The molecule has 0 spiro atoms. The quantitative estimate of drug-likeness (QED) is 0.367. The van der Waals surface area contributed by atoms with Gasteiger partial charge in [-0.2, -0.15) is 4.98 Å². The van der Waals surface area contributed by atoms with Gasteiger partial charge < -0.3 is 20.7 Å². The second kappa shape index (κ2) is 9.44. The van der Waals surface area contributed by atoms with Crippen molar-refractivity contribution >= 4 is 44.9 Å². The number of benzene rings is 2. The monoisotopic (exact) mass is 433 g/mol. The summed E-state index contributed by atoms with van der Waals surface area (Å²) in [6.07, 6.45) is 0. The van der Waals surface area contributed by atoms with Gasteiger partial charge in [-0.05, 0) is 35.2 Å². The number of ether oxygens (including phenoxy) is 1. The number of amides is 1. The highest BCUT2D eigenvalue weighted by molar-refractivity contribution is 7.17. The third-order valence-electron chi connectivity index (χ3n) is 4.67. The van der Waals surface area contributed by atoms with Gasteiger partial charge in [0.25, 0.3) is 0 Å². The number of nitrogens with one attached hydrogen (secondary N) is 3. The summed E-state index contributed by atoms with van der Waals surface area (Å²) in [6, 6.07) is 17.6. The normalized spacial score (nSPS) is 10.6. The molecule has 0 unspecified atom stereocenters. The fourth-order valence-electron chi connectivity index (χ4n) is 3.18. The predicted molar refractivity (Wildman–Crippen MR) is 126 cm³/mol. The second-order valence-electron chi connectivity index (χ2n) is 6.93. The number of hydrogen-bond acceptors (Lipinski definition) is 7. The van der Waals surface area contributed by atoms with Crippen LogP contribution in [0.2, 0.25) is 0 Å². The molecule has 3 N–H and O–H groups in total. The topological polar surface area (TPSA) is 88.2 Å². The van der Waals surface area contributed by atoms with E-state index >= 15 is 0 Å². The van der Waals surface area contributed by atoms with Gasteiger partial charge in [0.1, 0.15) is 11.6 Å². The van der Waals surface area contributed by atoms with Crippen LogP contribution in [0, 0.1) is 0 Å². The molecule has 0 saturated carbocycles.